The second-order valence-corrected chi connectivity index (χ2v) is 12.0. The van der Waals surface area contributed by atoms with Gasteiger partial charge in [0.15, 0.2) is 6.20 Å². The minimum atomic E-state index is 0.919. The summed E-state index contributed by atoms with van der Waals surface area (Å²) in [4.78, 5) is 10.3. The third kappa shape index (κ3) is 4.81. The van der Waals surface area contributed by atoms with Gasteiger partial charge in [0.1, 0.15) is 0 Å². The molecule has 0 aliphatic carbocycles. The van der Waals surface area contributed by atoms with Gasteiger partial charge < -0.3 is 0 Å². The molecule has 0 N–H and O–H groups in total. The molecule has 3 heteroatoms. The molecule has 0 aliphatic rings. The molecule has 6 aromatic carbocycles. The Morgan fingerprint density at radius 1 is 0.417 bits per heavy atom. The van der Waals surface area contributed by atoms with Gasteiger partial charge >= 0.3 is 0 Å². The molecule has 0 saturated carbocycles. The Bertz CT molecular complexity index is 2620. The molecule has 3 nitrogen and oxygen atoms in total. The van der Waals surface area contributed by atoms with Crippen molar-refractivity contribution in [3.8, 4) is 50.7 Å². The summed E-state index contributed by atoms with van der Waals surface area (Å²) >= 11 is 0. The first-order valence-corrected chi connectivity index (χ1v) is 16.2. The molecule has 0 bridgehead atoms. The van der Waals surface area contributed by atoms with Crippen LogP contribution in [0.5, 0.6) is 0 Å². The van der Waals surface area contributed by atoms with Gasteiger partial charge in [-0.1, -0.05) is 121 Å². The maximum atomic E-state index is 5.44. The van der Waals surface area contributed by atoms with E-state index >= 15 is 0 Å². The molecule has 48 heavy (non-hydrogen) atoms. The fourth-order valence-corrected chi connectivity index (χ4v) is 6.93. The highest BCUT2D eigenvalue weighted by Crippen LogP contribution is 2.38. The third-order valence-electron chi connectivity index (χ3n) is 9.18. The number of aromatic nitrogens is 3. The highest BCUT2D eigenvalue weighted by Gasteiger charge is 2.21. The van der Waals surface area contributed by atoms with E-state index in [1.807, 2.05) is 6.20 Å². The van der Waals surface area contributed by atoms with Crippen LogP contribution in [-0.4, -0.2) is 9.97 Å². The first kappa shape index (κ1) is 27.8. The quantitative estimate of drug-likeness (QED) is 0.181. The highest BCUT2D eigenvalue weighted by atomic mass is 15.0. The van der Waals surface area contributed by atoms with E-state index in [0.717, 1.165) is 61.3 Å². The molecule has 0 spiro atoms. The van der Waals surface area contributed by atoms with Gasteiger partial charge in [0.2, 0.25) is 11.4 Å². The minimum Gasteiger partial charge on any atom is -0.256 e. The summed E-state index contributed by atoms with van der Waals surface area (Å²) in [7, 11) is 0. The average molecular weight is 613 g/mol. The predicted molar refractivity (Wildman–Crippen MR) is 198 cm³/mol. The standard InChI is InChI=1S/C45H30N3/c1-2-15-33(16-3-1)45-39-22-9-5-14-32(39)26-28-48(45)36-19-12-18-35(29-36)43-38-21-8-6-17-34(38)30-42(47-43)40-23-10-11-24-41(40)44-37-20-7-4-13-31(37)25-27-46-44/h1-30H/q+1. The van der Waals surface area contributed by atoms with Crippen LogP contribution in [0.3, 0.4) is 0 Å². The summed E-state index contributed by atoms with van der Waals surface area (Å²) < 4.78 is 2.30. The number of pyridine rings is 3. The third-order valence-corrected chi connectivity index (χ3v) is 9.18. The largest absolute Gasteiger partial charge is 0.256 e. The van der Waals surface area contributed by atoms with E-state index in [-0.39, 0.29) is 0 Å². The number of hydrogen-bond donors (Lipinski definition) is 0. The highest BCUT2D eigenvalue weighted by molar-refractivity contribution is 6.01. The van der Waals surface area contributed by atoms with Gasteiger partial charge in [-0.05, 0) is 46.5 Å². The number of nitrogens with zero attached hydrogens (tertiary/aromatic N) is 3. The van der Waals surface area contributed by atoms with Crippen molar-refractivity contribution in [2.24, 2.45) is 0 Å². The summed E-state index contributed by atoms with van der Waals surface area (Å²) in [6, 6.07) is 59.9. The van der Waals surface area contributed by atoms with Crippen molar-refractivity contribution in [1.29, 1.82) is 0 Å². The van der Waals surface area contributed by atoms with Crippen molar-refractivity contribution in [2.45, 2.75) is 0 Å². The molecule has 3 aromatic heterocycles. The molecule has 0 radical (unpaired) electrons. The van der Waals surface area contributed by atoms with Crippen molar-refractivity contribution in [1.82, 2.24) is 9.97 Å². The van der Waals surface area contributed by atoms with Crippen LogP contribution in [0.1, 0.15) is 0 Å². The Labute approximate surface area is 279 Å². The van der Waals surface area contributed by atoms with Gasteiger partial charge in [-0.3, -0.25) is 4.98 Å². The van der Waals surface area contributed by atoms with E-state index in [9.17, 15) is 0 Å². The molecule has 0 fully saturated rings. The molecular formula is C45H30N3+. The molecule has 0 atom stereocenters. The lowest BCUT2D eigenvalue weighted by molar-refractivity contribution is -0.582. The van der Waals surface area contributed by atoms with Gasteiger partial charge in [-0.25, -0.2) is 4.98 Å². The average Bonchev–Trinajstić information content (AvgIpc) is 3.17. The zero-order valence-electron chi connectivity index (χ0n) is 26.2. The van der Waals surface area contributed by atoms with Crippen LogP contribution in [-0.2, 0) is 0 Å². The van der Waals surface area contributed by atoms with Gasteiger partial charge in [0.25, 0.3) is 0 Å². The summed E-state index contributed by atoms with van der Waals surface area (Å²) in [6.07, 6.45) is 4.08. The first-order valence-electron chi connectivity index (χ1n) is 16.2. The van der Waals surface area contributed by atoms with Crippen LogP contribution >= 0.6 is 0 Å². The van der Waals surface area contributed by atoms with E-state index in [0.29, 0.717) is 0 Å². The van der Waals surface area contributed by atoms with Gasteiger partial charge in [-0.2, -0.15) is 4.57 Å². The van der Waals surface area contributed by atoms with Crippen LogP contribution in [0, 0.1) is 0 Å². The molecule has 224 valence electrons. The maximum Gasteiger partial charge on any atom is 0.226 e. The van der Waals surface area contributed by atoms with E-state index < -0.39 is 0 Å². The Kier molecular flexibility index (Phi) is 6.80. The summed E-state index contributed by atoms with van der Waals surface area (Å²) in [5.74, 6) is 0. The molecule has 0 aliphatic heterocycles. The van der Waals surface area contributed by atoms with Crippen LogP contribution in [0.25, 0.3) is 83.0 Å². The predicted octanol–water partition coefficient (Wildman–Crippen LogP) is 10.9. The Balaban J connectivity index is 1.25. The van der Waals surface area contributed by atoms with Gasteiger partial charge in [0.05, 0.1) is 22.5 Å². The Morgan fingerprint density at radius 2 is 1.04 bits per heavy atom. The second-order valence-electron chi connectivity index (χ2n) is 12.0. The molecule has 0 unspecified atom stereocenters. The normalized spacial score (nSPS) is 11.3. The smallest absolute Gasteiger partial charge is 0.226 e. The van der Waals surface area contributed by atoms with Gasteiger partial charge in [-0.15, -0.1) is 0 Å². The van der Waals surface area contributed by atoms with E-state index in [1.165, 1.54) is 21.7 Å². The summed E-state index contributed by atoms with van der Waals surface area (Å²) in [5.41, 5.74) is 9.42. The number of fused-ring (bicyclic) bond motifs is 3. The summed E-state index contributed by atoms with van der Waals surface area (Å²) in [6.45, 7) is 0. The fraction of sp³-hybridized carbons (Fsp3) is 0. The molecule has 9 aromatic rings. The number of hydrogen-bond acceptors (Lipinski definition) is 2. The topological polar surface area (TPSA) is 29.7 Å². The zero-order valence-corrected chi connectivity index (χ0v) is 26.2. The minimum absolute atomic E-state index is 0.919. The molecular weight excluding hydrogens is 583 g/mol. The molecule has 3 heterocycles. The Hall–Kier alpha value is -6.45. The van der Waals surface area contributed by atoms with Crippen molar-refractivity contribution >= 4 is 32.3 Å². The monoisotopic (exact) mass is 612 g/mol. The van der Waals surface area contributed by atoms with Crippen molar-refractivity contribution < 1.29 is 4.57 Å². The van der Waals surface area contributed by atoms with Crippen LogP contribution in [0.4, 0.5) is 0 Å². The molecule has 9 rings (SSSR count). The van der Waals surface area contributed by atoms with E-state index in [2.05, 4.69) is 181 Å². The lowest BCUT2D eigenvalue weighted by Gasteiger charge is -2.14. The Morgan fingerprint density at radius 3 is 1.85 bits per heavy atom. The first-order chi connectivity index (χ1) is 23.8. The van der Waals surface area contributed by atoms with Crippen LogP contribution in [0.2, 0.25) is 0 Å². The van der Waals surface area contributed by atoms with Gasteiger partial charge in [0, 0.05) is 57.4 Å². The van der Waals surface area contributed by atoms with Crippen LogP contribution < -0.4 is 4.57 Å². The van der Waals surface area contributed by atoms with Crippen molar-refractivity contribution in [3.63, 3.8) is 0 Å². The van der Waals surface area contributed by atoms with Crippen LogP contribution in [0.15, 0.2) is 182 Å². The summed E-state index contributed by atoms with van der Waals surface area (Å²) in [5, 5.41) is 6.98. The molecule has 0 saturated heterocycles. The van der Waals surface area contributed by atoms with E-state index in [4.69, 9.17) is 9.97 Å². The zero-order chi connectivity index (χ0) is 31.9. The fourth-order valence-electron chi connectivity index (χ4n) is 6.93. The van der Waals surface area contributed by atoms with Crippen molar-refractivity contribution in [3.05, 3.63) is 182 Å². The molecule has 0 amide bonds. The van der Waals surface area contributed by atoms with E-state index in [1.54, 1.807) is 0 Å². The lowest BCUT2D eigenvalue weighted by atomic mass is 9.95. The second kappa shape index (κ2) is 11.7. The van der Waals surface area contributed by atoms with Crippen molar-refractivity contribution in [2.75, 3.05) is 0 Å². The lowest BCUT2D eigenvalue weighted by Crippen LogP contribution is -2.33. The maximum absolute atomic E-state index is 5.44. The number of rotatable bonds is 5. The SMILES string of the molecule is c1ccc(-c2c3ccccc3cc[n+]2-c2cccc(-c3nc(-c4ccccc4-c4nccc5ccccc45)cc4ccccc34)c2)cc1. The number of benzene rings is 6.